The van der Waals surface area contributed by atoms with Crippen LogP contribution in [0.5, 0.6) is 0 Å². The van der Waals surface area contributed by atoms with Gasteiger partial charge in [0.05, 0.1) is 5.57 Å². The summed E-state index contributed by atoms with van der Waals surface area (Å²) in [5.41, 5.74) is 2.46. The fourth-order valence-electron chi connectivity index (χ4n) is 4.15. The van der Waals surface area contributed by atoms with E-state index in [-0.39, 0.29) is 11.3 Å². The highest BCUT2D eigenvalue weighted by atomic mass is 16.3. The van der Waals surface area contributed by atoms with E-state index in [0.29, 0.717) is 23.6 Å². The van der Waals surface area contributed by atoms with Crippen molar-refractivity contribution in [3.05, 3.63) is 64.1 Å². The number of carbonyl (C=O) groups excluding carboxylic acids is 2. The summed E-state index contributed by atoms with van der Waals surface area (Å²) in [4.78, 5) is 29.9. The number of aliphatic hydroxyl groups excluding tert-OH is 1. The summed E-state index contributed by atoms with van der Waals surface area (Å²) >= 11 is 0. The van der Waals surface area contributed by atoms with Crippen LogP contribution >= 0.6 is 0 Å². The summed E-state index contributed by atoms with van der Waals surface area (Å²) in [6.45, 7) is 12.9. The van der Waals surface area contributed by atoms with Gasteiger partial charge < -0.3 is 19.3 Å². The van der Waals surface area contributed by atoms with Crippen molar-refractivity contribution in [1.29, 1.82) is 0 Å². The molecule has 1 atom stereocenters. The van der Waals surface area contributed by atoms with E-state index in [9.17, 15) is 14.7 Å². The molecule has 0 spiro atoms. The lowest BCUT2D eigenvalue weighted by molar-refractivity contribution is -0.140. The summed E-state index contributed by atoms with van der Waals surface area (Å²) in [6.07, 6.45) is 0.731. The molecule has 1 aromatic heterocycles. The van der Waals surface area contributed by atoms with Crippen molar-refractivity contribution in [3.8, 4) is 0 Å². The first-order valence-corrected chi connectivity index (χ1v) is 10.9. The van der Waals surface area contributed by atoms with Crippen LogP contribution in [-0.2, 0) is 9.59 Å². The monoisotopic (exact) mass is 424 g/mol. The lowest BCUT2D eigenvalue weighted by Gasteiger charge is -2.25. The van der Waals surface area contributed by atoms with Gasteiger partial charge in [-0.05, 0) is 70.6 Å². The zero-order valence-corrected chi connectivity index (χ0v) is 19.1. The Morgan fingerprint density at radius 3 is 2.42 bits per heavy atom. The second-order valence-electron chi connectivity index (χ2n) is 8.14. The Morgan fingerprint density at radius 1 is 1.10 bits per heavy atom. The first kappa shape index (κ1) is 22.8. The second kappa shape index (κ2) is 9.52. The SMILES string of the molecule is CCN(CC)CCCN1C(=O)C(=O)/C(=C(/O)c2cc(C)ccc2C)C1c1ccc(C)o1. The Balaban J connectivity index is 2.04. The van der Waals surface area contributed by atoms with E-state index in [1.54, 1.807) is 11.0 Å². The topological polar surface area (TPSA) is 74.0 Å². The van der Waals surface area contributed by atoms with Crippen LogP contribution in [0.4, 0.5) is 0 Å². The number of Topliss-reactive ketones (excluding diaryl/α,β-unsaturated/α-hetero) is 1. The van der Waals surface area contributed by atoms with E-state index in [1.807, 2.05) is 45.0 Å². The Hall–Kier alpha value is -2.86. The Kier molecular flexibility index (Phi) is 7.01. The molecule has 6 heteroatoms. The molecule has 2 aromatic rings. The standard InChI is InChI=1S/C25H32N2O4/c1-6-26(7-2)13-8-14-27-22(20-12-11-18(5)31-20)21(24(29)25(27)30)23(28)19-15-16(3)9-10-17(19)4/h9-12,15,22,28H,6-8,13-14H2,1-5H3/b23-21+. The van der Waals surface area contributed by atoms with Crippen LogP contribution in [0.2, 0.25) is 0 Å². The molecule has 166 valence electrons. The first-order valence-electron chi connectivity index (χ1n) is 10.9. The number of nitrogens with zero attached hydrogens (tertiary/aromatic N) is 2. The quantitative estimate of drug-likeness (QED) is 0.387. The molecule has 1 aliphatic heterocycles. The van der Waals surface area contributed by atoms with Gasteiger partial charge in [0.2, 0.25) is 0 Å². The molecule has 1 fully saturated rings. The molecule has 6 nitrogen and oxygen atoms in total. The number of benzene rings is 1. The number of aliphatic hydroxyl groups is 1. The van der Waals surface area contributed by atoms with Crippen molar-refractivity contribution in [2.45, 2.75) is 47.1 Å². The smallest absolute Gasteiger partial charge is 0.295 e. The van der Waals surface area contributed by atoms with Gasteiger partial charge in [-0.2, -0.15) is 0 Å². The van der Waals surface area contributed by atoms with Crippen LogP contribution in [0, 0.1) is 20.8 Å². The van der Waals surface area contributed by atoms with Crippen LogP contribution in [0.3, 0.4) is 0 Å². The highest BCUT2D eigenvalue weighted by molar-refractivity contribution is 6.46. The Morgan fingerprint density at radius 2 is 1.81 bits per heavy atom. The Bertz CT molecular complexity index is 1000. The molecule has 1 N–H and O–H groups in total. The molecule has 3 rings (SSSR count). The fourth-order valence-corrected chi connectivity index (χ4v) is 4.15. The molecule has 1 unspecified atom stereocenters. The van der Waals surface area contributed by atoms with Crippen LogP contribution in [0.25, 0.3) is 5.76 Å². The predicted molar refractivity (Wildman–Crippen MR) is 121 cm³/mol. The number of furan rings is 1. The van der Waals surface area contributed by atoms with E-state index in [0.717, 1.165) is 37.2 Å². The molecule has 0 saturated carbocycles. The van der Waals surface area contributed by atoms with Crippen molar-refractivity contribution in [3.63, 3.8) is 0 Å². The van der Waals surface area contributed by atoms with Crippen molar-refractivity contribution in [2.75, 3.05) is 26.2 Å². The van der Waals surface area contributed by atoms with Gasteiger partial charge in [0.1, 0.15) is 23.3 Å². The number of carbonyl (C=O) groups is 2. The van der Waals surface area contributed by atoms with Gasteiger partial charge in [0, 0.05) is 12.1 Å². The van der Waals surface area contributed by atoms with Crippen molar-refractivity contribution in [1.82, 2.24) is 9.80 Å². The van der Waals surface area contributed by atoms with Crippen molar-refractivity contribution >= 4 is 17.4 Å². The predicted octanol–water partition coefficient (Wildman–Crippen LogP) is 4.36. The van der Waals surface area contributed by atoms with E-state index in [2.05, 4.69) is 18.7 Å². The van der Waals surface area contributed by atoms with Crippen molar-refractivity contribution < 1.29 is 19.1 Å². The molecule has 1 saturated heterocycles. The summed E-state index contributed by atoms with van der Waals surface area (Å²) in [7, 11) is 0. The maximum Gasteiger partial charge on any atom is 0.295 e. The molecule has 1 aromatic carbocycles. The first-order chi connectivity index (χ1) is 14.8. The maximum absolute atomic E-state index is 13.1. The number of amides is 1. The maximum atomic E-state index is 13.1. The zero-order valence-electron chi connectivity index (χ0n) is 19.1. The third kappa shape index (κ3) is 4.59. The molecule has 0 radical (unpaired) electrons. The van der Waals surface area contributed by atoms with Gasteiger partial charge in [-0.25, -0.2) is 0 Å². The van der Waals surface area contributed by atoms with Gasteiger partial charge in [-0.1, -0.05) is 31.5 Å². The highest BCUT2D eigenvalue weighted by Crippen LogP contribution is 2.40. The third-order valence-corrected chi connectivity index (χ3v) is 5.99. The molecule has 1 aliphatic rings. The summed E-state index contributed by atoms with van der Waals surface area (Å²) in [5.74, 6) is -0.225. The van der Waals surface area contributed by atoms with Gasteiger partial charge in [0.15, 0.2) is 0 Å². The van der Waals surface area contributed by atoms with E-state index < -0.39 is 17.7 Å². The number of rotatable bonds is 8. The molecule has 2 heterocycles. The number of likely N-dealkylation sites (tertiary alicyclic amines) is 1. The van der Waals surface area contributed by atoms with Crippen LogP contribution in [0.15, 0.2) is 40.3 Å². The number of ketones is 1. The molecule has 31 heavy (non-hydrogen) atoms. The third-order valence-electron chi connectivity index (χ3n) is 5.99. The summed E-state index contributed by atoms with van der Waals surface area (Å²) < 4.78 is 5.83. The van der Waals surface area contributed by atoms with Crippen LogP contribution in [0.1, 0.15) is 54.5 Å². The van der Waals surface area contributed by atoms with Gasteiger partial charge in [-0.3, -0.25) is 9.59 Å². The van der Waals surface area contributed by atoms with E-state index in [4.69, 9.17) is 4.42 Å². The number of aryl methyl sites for hydroxylation is 3. The second-order valence-corrected chi connectivity index (χ2v) is 8.14. The Labute approximate surface area is 184 Å². The largest absolute Gasteiger partial charge is 0.507 e. The van der Waals surface area contributed by atoms with Crippen LogP contribution < -0.4 is 0 Å². The number of hydrogen-bond donors (Lipinski definition) is 1. The summed E-state index contributed by atoms with van der Waals surface area (Å²) in [6, 6.07) is 8.54. The average Bonchev–Trinajstić information content (AvgIpc) is 3.28. The van der Waals surface area contributed by atoms with Gasteiger partial charge >= 0.3 is 0 Å². The minimum Gasteiger partial charge on any atom is -0.507 e. The minimum atomic E-state index is -0.731. The van der Waals surface area contributed by atoms with Gasteiger partial charge in [-0.15, -0.1) is 0 Å². The molecule has 1 amide bonds. The normalized spacial score (nSPS) is 18.4. The molecular weight excluding hydrogens is 392 g/mol. The van der Waals surface area contributed by atoms with Crippen molar-refractivity contribution in [2.24, 2.45) is 0 Å². The van der Waals surface area contributed by atoms with Gasteiger partial charge in [0.25, 0.3) is 11.7 Å². The zero-order chi connectivity index (χ0) is 22.7. The molecular formula is C25H32N2O4. The van der Waals surface area contributed by atoms with E-state index >= 15 is 0 Å². The lowest BCUT2D eigenvalue weighted by Crippen LogP contribution is -2.33. The molecule has 0 aliphatic carbocycles. The fraction of sp³-hybridized carbons (Fsp3) is 0.440. The van der Waals surface area contributed by atoms with Crippen LogP contribution in [-0.4, -0.2) is 52.8 Å². The highest BCUT2D eigenvalue weighted by Gasteiger charge is 2.47. The molecule has 0 bridgehead atoms. The minimum absolute atomic E-state index is 0.0934. The van der Waals surface area contributed by atoms with E-state index in [1.165, 1.54) is 0 Å². The lowest BCUT2D eigenvalue weighted by atomic mass is 9.96. The average molecular weight is 425 g/mol. The summed E-state index contributed by atoms with van der Waals surface area (Å²) in [5, 5.41) is 11.2. The number of hydrogen-bond acceptors (Lipinski definition) is 5.